The molecule has 0 spiro atoms. The Hall–Kier alpha value is -3.35. The second kappa shape index (κ2) is 11.5. The van der Waals surface area contributed by atoms with Crippen LogP contribution in [0.4, 0.5) is 0 Å². The summed E-state index contributed by atoms with van der Waals surface area (Å²) in [5.41, 5.74) is 1.46. The second-order valence-corrected chi connectivity index (χ2v) is 6.33. The minimum atomic E-state index is -0.444. The Balaban J connectivity index is 1.65. The second-order valence-electron chi connectivity index (χ2n) is 6.33. The van der Waals surface area contributed by atoms with Crippen molar-refractivity contribution in [1.82, 2.24) is 10.6 Å². The molecule has 0 atom stereocenters. The standard InChI is InChI=1S/C22H26N2O5/c1-3-17-8-4-5-11-20(17)28-15-21(26)23-12-7-13-24-22(27)18-9-6-10-19(14-18)29-16(2)25/h4-6,8-11,14H,3,7,12-13,15H2,1-2H3,(H,23,26)(H,24,27). The van der Waals surface area contributed by atoms with E-state index >= 15 is 0 Å². The van der Waals surface area contributed by atoms with Crippen molar-refractivity contribution < 1.29 is 23.9 Å². The Morgan fingerprint density at radius 3 is 2.48 bits per heavy atom. The fraction of sp³-hybridized carbons (Fsp3) is 0.318. The average molecular weight is 398 g/mol. The number of ether oxygens (including phenoxy) is 2. The summed E-state index contributed by atoms with van der Waals surface area (Å²) in [6.07, 6.45) is 1.41. The molecule has 2 aromatic carbocycles. The van der Waals surface area contributed by atoms with Gasteiger partial charge in [0.25, 0.3) is 11.8 Å². The predicted molar refractivity (Wildman–Crippen MR) is 109 cm³/mol. The van der Waals surface area contributed by atoms with E-state index in [2.05, 4.69) is 10.6 Å². The van der Waals surface area contributed by atoms with Gasteiger partial charge in [0, 0.05) is 25.6 Å². The number of nitrogens with one attached hydrogen (secondary N) is 2. The van der Waals surface area contributed by atoms with Crippen molar-refractivity contribution in [2.75, 3.05) is 19.7 Å². The zero-order valence-corrected chi connectivity index (χ0v) is 16.7. The predicted octanol–water partition coefficient (Wildman–Crippen LogP) is 2.49. The lowest BCUT2D eigenvalue weighted by molar-refractivity contribution is -0.131. The normalized spacial score (nSPS) is 10.1. The van der Waals surface area contributed by atoms with Crippen LogP contribution in [0.2, 0.25) is 0 Å². The zero-order valence-electron chi connectivity index (χ0n) is 16.7. The smallest absolute Gasteiger partial charge is 0.308 e. The molecule has 0 aliphatic carbocycles. The maximum atomic E-state index is 12.1. The number of rotatable bonds is 10. The van der Waals surface area contributed by atoms with Crippen LogP contribution in [0.15, 0.2) is 48.5 Å². The third kappa shape index (κ3) is 7.65. The van der Waals surface area contributed by atoms with Gasteiger partial charge < -0.3 is 20.1 Å². The van der Waals surface area contributed by atoms with Gasteiger partial charge in [-0.25, -0.2) is 0 Å². The monoisotopic (exact) mass is 398 g/mol. The summed E-state index contributed by atoms with van der Waals surface area (Å²) in [6.45, 7) is 4.10. The van der Waals surface area contributed by atoms with Crippen LogP contribution in [0.25, 0.3) is 0 Å². The van der Waals surface area contributed by atoms with Gasteiger partial charge in [-0.2, -0.15) is 0 Å². The van der Waals surface area contributed by atoms with Crippen LogP contribution in [0, 0.1) is 0 Å². The van der Waals surface area contributed by atoms with Crippen LogP contribution in [0.3, 0.4) is 0 Å². The van der Waals surface area contributed by atoms with E-state index < -0.39 is 5.97 Å². The molecule has 0 radical (unpaired) electrons. The SMILES string of the molecule is CCc1ccccc1OCC(=O)NCCCNC(=O)c1cccc(OC(C)=O)c1. The van der Waals surface area contributed by atoms with Crippen molar-refractivity contribution >= 4 is 17.8 Å². The summed E-state index contributed by atoms with van der Waals surface area (Å²) in [5, 5.41) is 5.53. The highest BCUT2D eigenvalue weighted by atomic mass is 16.5. The van der Waals surface area contributed by atoms with Crippen LogP contribution in [-0.2, 0) is 16.0 Å². The molecule has 2 N–H and O–H groups in total. The fourth-order valence-corrected chi connectivity index (χ4v) is 2.62. The van der Waals surface area contributed by atoms with Gasteiger partial charge in [0.1, 0.15) is 11.5 Å². The molecule has 7 heteroatoms. The molecule has 0 aliphatic rings. The van der Waals surface area contributed by atoms with Crippen molar-refractivity contribution in [2.45, 2.75) is 26.7 Å². The lowest BCUT2D eigenvalue weighted by Gasteiger charge is -2.11. The largest absolute Gasteiger partial charge is 0.483 e. The van der Waals surface area contributed by atoms with E-state index in [9.17, 15) is 14.4 Å². The molecule has 0 aromatic heterocycles. The van der Waals surface area contributed by atoms with E-state index in [-0.39, 0.29) is 18.4 Å². The van der Waals surface area contributed by atoms with Gasteiger partial charge in [0.05, 0.1) is 0 Å². The first-order chi connectivity index (χ1) is 14.0. The number of hydrogen-bond donors (Lipinski definition) is 2. The van der Waals surface area contributed by atoms with E-state index in [0.717, 1.165) is 12.0 Å². The van der Waals surface area contributed by atoms with E-state index in [1.807, 2.05) is 31.2 Å². The van der Waals surface area contributed by atoms with Crippen molar-refractivity contribution in [3.63, 3.8) is 0 Å². The van der Waals surface area contributed by atoms with Crippen LogP contribution >= 0.6 is 0 Å². The van der Waals surface area contributed by atoms with Crippen molar-refractivity contribution in [1.29, 1.82) is 0 Å². The fourth-order valence-electron chi connectivity index (χ4n) is 2.62. The average Bonchev–Trinajstić information content (AvgIpc) is 2.71. The molecule has 2 amide bonds. The van der Waals surface area contributed by atoms with E-state index in [1.54, 1.807) is 18.2 Å². The van der Waals surface area contributed by atoms with Crippen molar-refractivity contribution in [2.24, 2.45) is 0 Å². The Labute approximate surface area is 170 Å². The van der Waals surface area contributed by atoms with Gasteiger partial charge in [-0.1, -0.05) is 31.2 Å². The molecule has 0 heterocycles. The summed E-state index contributed by atoms with van der Waals surface area (Å²) in [5.74, 6) is 0.108. The topological polar surface area (TPSA) is 93.7 Å². The van der Waals surface area contributed by atoms with Gasteiger partial charge in [-0.05, 0) is 42.7 Å². The summed E-state index contributed by atoms with van der Waals surface area (Å²) < 4.78 is 10.5. The number of aryl methyl sites for hydroxylation is 1. The molecule has 0 bridgehead atoms. The molecule has 0 aliphatic heterocycles. The number of para-hydroxylation sites is 1. The molecule has 0 fully saturated rings. The Morgan fingerprint density at radius 1 is 0.966 bits per heavy atom. The van der Waals surface area contributed by atoms with E-state index in [1.165, 1.54) is 13.0 Å². The molecule has 154 valence electrons. The summed E-state index contributed by atoms with van der Waals surface area (Å²) >= 11 is 0. The van der Waals surface area contributed by atoms with Crippen molar-refractivity contribution in [3.05, 3.63) is 59.7 Å². The molecular weight excluding hydrogens is 372 g/mol. The van der Waals surface area contributed by atoms with Crippen LogP contribution in [0.5, 0.6) is 11.5 Å². The molecule has 7 nitrogen and oxygen atoms in total. The molecule has 2 rings (SSSR count). The molecule has 0 unspecified atom stereocenters. The highest BCUT2D eigenvalue weighted by Crippen LogP contribution is 2.18. The third-order valence-corrected chi connectivity index (χ3v) is 4.03. The maximum Gasteiger partial charge on any atom is 0.308 e. The Kier molecular flexibility index (Phi) is 8.69. The minimum absolute atomic E-state index is 0.0493. The number of esters is 1. The first-order valence-corrected chi connectivity index (χ1v) is 9.53. The summed E-state index contributed by atoms with van der Waals surface area (Å²) in [4.78, 5) is 35.0. The highest BCUT2D eigenvalue weighted by molar-refractivity contribution is 5.94. The highest BCUT2D eigenvalue weighted by Gasteiger charge is 2.08. The van der Waals surface area contributed by atoms with Crippen LogP contribution in [-0.4, -0.2) is 37.5 Å². The number of carbonyl (C=O) groups is 3. The number of benzene rings is 2. The number of carbonyl (C=O) groups excluding carboxylic acids is 3. The van der Waals surface area contributed by atoms with E-state index in [0.29, 0.717) is 36.6 Å². The van der Waals surface area contributed by atoms with Gasteiger partial charge in [0.15, 0.2) is 6.61 Å². The van der Waals surface area contributed by atoms with E-state index in [4.69, 9.17) is 9.47 Å². The first-order valence-electron chi connectivity index (χ1n) is 9.53. The summed E-state index contributed by atoms with van der Waals surface area (Å²) in [6, 6.07) is 14.0. The molecule has 2 aromatic rings. The number of amides is 2. The van der Waals surface area contributed by atoms with Crippen molar-refractivity contribution in [3.8, 4) is 11.5 Å². The lowest BCUT2D eigenvalue weighted by Crippen LogP contribution is -2.32. The van der Waals surface area contributed by atoms with Crippen LogP contribution < -0.4 is 20.1 Å². The van der Waals surface area contributed by atoms with Gasteiger partial charge in [0.2, 0.25) is 0 Å². The quantitative estimate of drug-likeness (QED) is 0.364. The molecule has 29 heavy (non-hydrogen) atoms. The zero-order chi connectivity index (χ0) is 21.1. The Morgan fingerprint density at radius 2 is 1.72 bits per heavy atom. The molecular formula is C22H26N2O5. The van der Waals surface area contributed by atoms with Crippen LogP contribution in [0.1, 0.15) is 36.2 Å². The maximum absolute atomic E-state index is 12.1. The molecule has 0 saturated heterocycles. The number of hydrogen-bond acceptors (Lipinski definition) is 5. The van der Waals surface area contributed by atoms with Gasteiger partial charge in [-0.15, -0.1) is 0 Å². The Bertz CT molecular complexity index is 851. The first kappa shape index (κ1) is 21.9. The molecule has 0 saturated carbocycles. The summed E-state index contributed by atoms with van der Waals surface area (Å²) in [7, 11) is 0. The van der Waals surface area contributed by atoms with Gasteiger partial charge >= 0.3 is 5.97 Å². The lowest BCUT2D eigenvalue weighted by atomic mass is 10.1. The third-order valence-electron chi connectivity index (χ3n) is 4.03. The van der Waals surface area contributed by atoms with Gasteiger partial charge in [-0.3, -0.25) is 14.4 Å². The minimum Gasteiger partial charge on any atom is -0.483 e.